The van der Waals surface area contributed by atoms with Crippen LogP contribution in [0.2, 0.25) is 0 Å². The van der Waals surface area contributed by atoms with Crippen LogP contribution in [0.3, 0.4) is 0 Å². The molecular formula is C6H11ClN6. The van der Waals surface area contributed by atoms with Crippen molar-refractivity contribution in [3.8, 4) is 0 Å². The molecule has 1 saturated heterocycles. The van der Waals surface area contributed by atoms with E-state index in [4.69, 9.17) is 5.73 Å². The van der Waals surface area contributed by atoms with E-state index >= 15 is 0 Å². The summed E-state index contributed by atoms with van der Waals surface area (Å²) in [6.45, 7) is 2.67. The number of hydrogen-bond acceptors (Lipinski definition) is 6. The lowest BCUT2D eigenvalue weighted by Gasteiger charge is -2.12. The van der Waals surface area contributed by atoms with Crippen LogP contribution < -0.4 is 16.0 Å². The van der Waals surface area contributed by atoms with Gasteiger partial charge in [0.15, 0.2) is 0 Å². The SMILES string of the molecule is Cl.Nc1ncnc(N2CCNC2)n1. The summed E-state index contributed by atoms with van der Waals surface area (Å²) >= 11 is 0. The van der Waals surface area contributed by atoms with E-state index in [0.717, 1.165) is 19.8 Å². The molecule has 0 atom stereocenters. The van der Waals surface area contributed by atoms with Crippen molar-refractivity contribution < 1.29 is 0 Å². The number of nitrogens with one attached hydrogen (secondary N) is 1. The van der Waals surface area contributed by atoms with E-state index in [1.807, 2.05) is 4.90 Å². The van der Waals surface area contributed by atoms with Gasteiger partial charge in [0.2, 0.25) is 11.9 Å². The van der Waals surface area contributed by atoms with E-state index in [-0.39, 0.29) is 18.4 Å². The second-order valence-electron chi connectivity index (χ2n) is 2.57. The number of rotatable bonds is 1. The smallest absolute Gasteiger partial charge is 0.231 e. The maximum absolute atomic E-state index is 5.42. The largest absolute Gasteiger partial charge is 0.368 e. The average Bonchev–Trinajstić information content (AvgIpc) is 2.56. The molecule has 1 aliphatic heterocycles. The average molecular weight is 203 g/mol. The summed E-state index contributed by atoms with van der Waals surface area (Å²) in [7, 11) is 0. The van der Waals surface area contributed by atoms with Gasteiger partial charge >= 0.3 is 0 Å². The number of aromatic nitrogens is 3. The highest BCUT2D eigenvalue weighted by molar-refractivity contribution is 5.85. The van der Waals surface area contributed by atoms with Crippen molar-refractivity contribution in [3.63, 3.8) is 0 Å². The van der Waals surface area contributed by atoms with Gasteiger partial charge in [0.25, 0.3) is 0 Å². The van der Waals surface area contributed by atoms with Crippen molar-refractivity contribution in [1.82, 2.24) is 20.3 Å². The highest BCUT2D eigenvalue weighted by Gasteiger charge is 2.13. The van der Waals surface area contributed by atoms with Gasteiger partial charge in [-0.05, 0) is 0 Å². The van der Waals surface area contributed by atoms with E-state index in [1.54, 1.807) is 0 Å². The first kappa shape index (κ1) is 9.94. The Hall–Kier alpha value is -1.14. The molecular weight excluding hydrogens is 192 g/mol. The summed E-state index contributed by atoms with van der Waals surface area (Å²) in [5.74, 6) is 0.916. The van der Waals surface area contributed by atoms with Crippen LogP contribution in [0.5, 0.6) is 0 Å². The fourth-order valence-electron chi connectivity index (χ4n) is 1.13. The van der Waals surface area contributed by atoms with Crippen LogP contribution in [0.15, 0.2) is 6.33 Å². The molecule has 0 radical (unpaired) electrons. The molecule has 72 valence electrons. The molecule has 1 aliphatic rings. The van der Waals surface area contributed by atoms with Crippen LogP contribution in [0.1, 0.15) is 0 Å². The normalized spacial score (nSPS) is 15.5. The lowest BCUT2D eigenvalue weighted by molar-refractivity contribution is 0.834. The Morgan fingerprint density at radius 2 is 2.31 bits per heavy atom. The molecule has 0 amide bonds. The van der Waals surface area contributed by atoms with Crippen LogP contribution in [0, 0.1) is 0 Å². The topological polar surface area (TPSA) is 80.0 Å². The minimum Gasteiger partial charge on any atom is -0.368 e. The summed E-state index contributed by atoms with van der Waals surface area (Å²) in [5.41, 5.74) is 5.42. The Balaban J connectivity index is 0.000000845. The summed E-state index contributed by atoms with van der Waals surface area (Å²) in [4.78, 5) is 13.7. The van der Waals surface area contributed by atoms with Crippen molar-refractivity contribution in [2.75, 3.05) is 30.4 Å². The van der Waals surface area contributed by atoms with E-state index in [0.29, 0.717) is 5.95 Å². The van der Waals surface area contributed by atoms with Crippen molar-refractivity contribution in [1.29, 1.82) is 0 Å². The van der Waals surface area contributed by atoms with E-state index < -0.39 is 0 Å². The van der Waals surface area contributed by atoms with Crippen LogP contribution >= 0.6 is 12.4 Å². The first-order valence-electron chi connectivity index (χ1n) is 3.76. The molecule has 13 heavy (non-hydrogen) atoms. The maximum Gasteiger partial charge on any atom is 0.231 e. The molecule has 0 spiro atoms. The van der Waals surface area contributed by atoms with E-state index in [9.17, 15) is 0 Å². The summed E-state index contributed by atoms with van der Waals surface area (Å²) in [6, 6.07) is 0. The highest BCUT2D eigenvalue weighted by Crippen LogP contribution is 2.06. The lowest BCUT2D eigenvalue weighted by Crippen LogP contribution is -2.23. The quantitative estimate of drug-likeness (QED) is 0.624. The lowest BCUT2D eigenvalue weighted by atomic mass is 10.6. The number of nitrogens with two attached hydrogens (primary N) is 1. The molecule has 0 saturated carbocycles. The van der Waals surface area contributed by atoms with Crippen molar-refractivity contribution in [2.45, 2.75) is 0 Å². The van der Waals surface area contributed by atoms with Crippen molar-refractivity contribution >= 4 is 24.3 Å². The Morgan fingerprint density at radius 3 is 2.92 bits per heavy atom. The minimum atomic E-state index is 0. The van der Waals surface area contributed by atoms with Gasteiger partial charge in [-0.15, -0.1) is 12.4 Å². The van der Waals surface area contributed by atoms with Crippen molar-refractivity contribution in [3.05, 3.63) is 6.33 Å². The van der Waals surface area contributed by atoms with E-state index in [1.165, 1.54) is 6.33 Å². The van der Waals surface area contributed by atoms with Gasteiger partial charge in [0.05, 0.1) is 6.67 Å². The predicted octanol–water partition coefficient (Wildman–Crippen LogP) is -0.757. The number of anilines is 2. The molecule has 1 aromatic rings. The van der Waals surface area contributed by atoms with Crippen LogP contribution in [0.25, 0.3) is 0 Å². The summed E-state index contributed by atoms with van der Waals surface area (Å²) in [6.07, 6.45) is 1.43. The number of nitrogens with zero attached hydrogens (tertiary/aromatic N) is 4. The first-order valence-corrected chi connectivity index (χ1v) is 3.76. The fourth-order valence-corrected chi connectivity index (χ4v) is 1.13. The zero-order chi connectivity index (χ0) is 8.39. The third kappa shape index (κ3) is 2.16. The zero-order valence-electron chi connectivity index (χ0n) is 6.97. The minimum absolute atomic E-state index is 0. The number of hydrogen-bond donors (Lipinski definition) is 2. The van der Waals surface area contributed by atoms with Gasteiger partial charge in [0.1, 0.15) is 6.33 Å². The molecule has 0 bridgehead atoms. The molecule has 0 aromatic carbocycles. The van der Waals surface area contributed by atoms with Gasteiger partial charge in [0, 0.05) is 13.1 Å². The number of nitrogen functional groups attached to an aromatic ring is 1. The zero-order valence-corrected chi connectivity index (χ0v) is 7.79. The molecule has 2 rings (SSSR count). The second kappa shape index (κ2) is 4.20. The molecule has 3 N–H and O–H groups in total. The third-order valence-corrected chi connectivity index (χ3v) is 1.72. The summed E-state index contributed by atoms with van der Waals surface area (Å²) < 4.78 is 0. The van der Waals surface area contributed by atoms with Crippen LogP contribution in [-0.4, -0.2) is 34.7 Å². The predicted molar refractivity (Wildman–Crippen MR) is 51.7 cm³/mol. The molecule has 1 aromatic heterocycles. The second-order valence-corrected chi connectivity index (χ2v) is 2.57. The maximum atomic E-state index is 5.42. The Morgan fingerprint density at radius 1 is 1.46 bits per heavy atom. The Bertz CT molecular complexity index is 274. The molecule has 2 heterocycles. The van der Waals surface area contributed by atoms with Gasteiger partial charge < -0.3 is 10.6 Å². The van der Waals surface area contributed by atoms with E-state index in [2.05, 4.69) is 20.3 Å². The van der Waals surface area contributed by atoms with Gasteiger partial charge in [-0.1, -0.05) is 0 Å². The fraction of sp³-hybridized carbons (Fsp3) is 0.500. The van der Waals surface area contributed by atoms with Gasteiger partial charge in [-0.3, -0.25) is 5.32 Å². The number of halogens is 1. The molecule has 6 nitrogen and oxygen atoms in total. The third-order valence-electron chi connectivity index (χ3n) is 1.72. The Labute approximate surface area is 82.0 Å². The van der Waals surface area contributed by atoms with Gasteiger partial charge in [-0.25, -0.2) is 9.97 Å². The van der Waals surface area contributed by atoms with Crippen LogP contribution in [0.4, 0.5) is 11.9 Å². The molecule has 0 unspecified atom stereocenters. The monoisotopic (exact) mass is 202 g/mol. The molecule has 7 heteroatoms. The standard InChI is InChI=1S/C6H10N6.ClH/c7-5-9-3-10-6(11-5)12-2-1-8-4-12;/h3,8H,1-2,4H2,(H2,7,9,10,11);1H. The summed E-state index contributed by atoms with van der Waals surface area (Å²) in [5, 5.41) is 3.17. The Kier molecular flexibility index (Phi) is 3.21. The first-order chi connectivity index (χ1) is 5.86. The van der Waals surface area contributed by atoms with Crippen LogP contribution in [-0.2, 0) is 0 Å². The highest BCUT2D eigenvalue weighted by atomic mass is 35.5. The molecule has 0 aliphatic carbocycles. The van der Waals surface area contributed by atoms with Crippen molar-refractivity contribution in [2.24, 2.45) is 0 Å². The van der Waals surface area contributed by atoms with Gasteiger partial charge in [-0.2, -0.15) is 4.98 Å². The molecule has 1 fully saturated rings.